The van der Waals surface area contributed by atoms with Gasteiger partial charge in [0.1, 0.15) is 0 Å². The Kier molecular flexibility index (Phi) is 6.58. The van der Waals surface area contributed by atoms with E-state index in [1.807, 2.05) is 0 Å². The van der Waals surface area contributed by atoms with E-state index in [1.165, 1.54) is 38.5 Å². The molecular formula is C15H31O2P. The van der Waals surface area contributed by atoms with Crippen molar-refractivity contribution in [1.29, 1.82) is 0 Å². The first-order valence-electron chi connectivity index (χ1n) is 7.48. The highest BCUT2D eigenvalue weighted by atomic mass is 31.2. The van der Waals surface area contributed by atoms with E-state index in [2.05, 4.69) is 34.6 Å². The Labute approximate surface area is 115 Å². The molecule has 3 heteroatoms. The first kappa shape index (κ1) is 16.4. The molecule has 0 N–H and O–H groups in total. The van der Waals surface area contributed by atoms with E-state index in [0.717, 1.165) is 12.8 Å². The van der Waals surface area contributed by atoms with E-state index in [4.69, 9.17) is 9.05 Å². The fourth-order valence-electron chi connectivity index (χ4n) is 1.94. The fraction of sp³-hybridized carbons (Fsp3) is 1.00. The Morgan fingerprint density at radius 3 is 2.17 bits per heavy atom. The molecule has 0 radical (unpaired) electrons. The highest BCUT2D eigenvalue weighted by Gasteiger charge is 2.44. The van der Waals surface area contributed by atoms with Crippen LogP contribution in [0.15, 0.2) is 0 Å². The maximum absolute atomic E-state index is 6.16. The summed E-state index contributed by atoms with van der Waals surface area (Å²) in [7, 11) is -0.643. The lowest BCUT2D eigenvalue weighted by Crippen LogP contribution is -2.46. The van der Waals surface area contributed by atoms with E-state index in [0.29, 0.717) is 0 Å². The lowest BCUT2D eigenvalue weighted by molar-refractivity contribution is -0.0725. The second-order valence-electron chi connectivity index (χ2n) is 6.58. The van der Waals surface area contributed by atoms with Gasteiger partial charge in [0.25, 0.3) is 0 Å². The van der Waals surface area contributed by atoms with Crippen molar-refractivity contribution >= 4 is 8.38 Å². The minimum Gasteiger partial charge on any atom is -0.333 e. The standard InChI is InChI=1S/C15H31O2P/c1-6-7-8-9-10-11-12-18-16-13-14(2,3)15(4,5)17-18/h6-13H2,1-5H3. The summed E-state index contributed by atoms with van der Waals surface area (Å²) >= 11 is 0. The van der Waals surface area contributed by atoms with Gasteiger partial charge < -0.3 is 9.05 Å². The molecule has 1 heterocycles. The van der Waals surface area contributed by atoms with Crippen LogP contribution >= 0.6 is 8.38 Å². The zero-order valence-electron chi connectivity index (χ0n) is 12.9. The van der Waals surface area contributed by atoms with Gasteiger partial charge in [-0.05, 0) is 20.3 Å². The summed E-state index contributed by atoms with van der Waals surface area (Å²) < 4.78 is 12.1. The molecule has 1 saturated heterocycles. The quantitative estimate of drug-likeness (QED) is 0.450. The largest absolute Gasteiger partial charge is 0.333 e. The topological polar surface area (TPSA) is 18.5 Å². The van der Waals surface area contributed by atoms with Gasteiger partial charge >= 0.3 is 0 Å². The van der Waals surface area contributed by atoms with Crippen LogP contribution in [0.5, 0.6) is 0 Å². The van der Waals surface area contributed by atoms with Crippen LogP contribution in [0.2, 0.25) is 0 Å². The number of rotatable bonds is 7. The molecule has 1 unspecified atom stereocenters. The van der Waals surface area contributed by atoms with Gasteiger partial charge in [0.05, 0.1) is 12.2 Å². The molecule has 0 amide bonds. The van der Waals surface area contributed by atoms with Gasteiger partial charge in [-0.25, -0.2) is 0 Å². The maximum Gasteiger partial charge on any atom is 0.171 e. The van der Waals surface area contributed by atoms with E-state index in [1.54, 1.807) is 0 Å². The Morgan fingerprint density at radius 2 is 1.56 bits per heavy atom. The van der Waals surface area contributed by atoms with E-state index in [9.17, 15) is 0 Å². The molecule has 0 aromatic heterocycles. The Balaban J connectivity index is 2.17. The van der Waals surface area contributed by atoms with Gasteiger partial charge in [-0.2, -0.15) is 0 Å². The summed E-state index contributed by atoms with van der Waals surface area (Å²) in [5.41, 5.74) is 0.0616. The monoisotopic (exact) mass is 274 g/mol. The van der Waals surface area contributed by atoms with Crippen molar-refractivity contribution in [2.45, 2.75) is 78.7 Å². The van der Waals surface area contributed by atoms with E-state index in [-0.39, 0.29) is 11.0 Å². The molecule has 0 aromatic rings. The lowest BCUT2D eigenvalue weighted by Gasteiger charge is -2.47. The summed E-state index contributed by atoms with van der Waals surface area (Å²) in [4.78, 5) is 0. The first-order valence-corrected chi connectivity index (χ1v) is 8.85. The third kappa shape index (κ3) is 4.79. The van der Waals surface area contributed by atoms with Gasteiger partial charge in [-0.1, -0.05) is 52.9 Å². The molecule has 0 spiro atoms. The van der Waals surface area contributed by atoms with Gasteiger partial charge in [0, 0.05) is 11.6 Å². The fourth-order valence-corrected chi connectivity index (χ4v) is 3.92. The van der Waals surface area contributed by atoms with Crippen LogP contribution in [0, 0.1) is 5.41 Å². The summed E-state index contributed by atoms with van der Waals surface area (Å²) in [5, 5.41) is 0. The molecule has 0 bridgehead atoms. The predicted molar refractivity (Wildman–Crippen MR) is 80.1 cm³/mol. The molecule has 0 aliphatic carbocycles. The summed E-state index contributed by atoms with van der Waals surface area (Å²) in [6, 6.07) is 0. The van der Waals surface area contributed by atoms with Crippen molar-refractivity contribution in [3.05, 3.63) is 0 Å². The van der Waals surface area contributed by atoms with Crippen molar-refractivity contribution in [2.75, 3.05) is 12.8 Å². The minimum absolute atomic E-state index is 0.0564. The van der Waals surface area contributed by atoms with Crippen LogP contribution in [0.1, 0.15) is 73.1 Å². The maximum atomic E-state index is 6.16. The van der Waals surface area contributed by atoms with Crippen molar-refractivity contribution in [1.82, 2.24) is 0 Å². The van der Waals surface area contributed by atoms with Gasteiger partial charge in [0.2, 0.25) is 0 Å². The van der Waals surface area contributed by atoms with Gasteiger partial charge in [0.15, 0.2) is 8.38 Å². The number of hydrogen-bond donors (Lipinski definition) is 0. The van der Waals surface area contributed by atoms with E-state index < -0.39 is 8.38 Å². The number of hydrogen-bond acceptors (Lipinski definition) is 2. The average molecular weight is 274 g/mol. The summed E-state index contributed by atoms with van der Waals surface area (Å²) in [5.74, 6) is 0. The molecule has 0 saturated carbocycles. The SMILES string of the molecule is CCCCCCCCP1OCC(C)(C)C(C)(C)O1. The normalized spacial score (nSPS) is 26.2. The molecule has 1 rings (SSSR count). The Hall–Kier alpha value is 0.350. The molecule has 108 valence electrons. The zero-order valence-corrected chi connectivity index (χ0v) is 13.8. The average Bonchev–Trinajstić information content (AvgIpc) is 2.28. The van der Waals surface area contributed by atoms with Crippen molar-refractivity contribution < 1.29 is 9.05 Å². The van der Waals surface area contributed by atoms with Crippen molar-refractivity contribution in [3.63, 3.8) is 0 Å². The molecule has 1 atom stereocenters. The van der Waals surface area contributed by atoms with Crippen molar-refractivity contribution in [3.8, 4) is 0 Å². The summed E-state index contributed by atoms with van der Waals surface area (Å²) in [6.07, 6.45) is 9.15. The van der Waals surface area contributed by atoms with Crippen LogP contribution in [0.25, 0.3) is 0 Å². The molecule has 1 aliphatic rings. The van der Waals surface area contributed by atoms with Crippen LogP contribution in [-0.2, 0) is 9.05 Å². The second kappa shape index (κ2) is 7.22. The third-order valence-electron chi connectivity index (χ3n) is 4.22. The molecule has 2 nitrogen and oxygen atoms in total. The van der Waals surface area contributed by atoms with Crippen LogP contribution in [-0.4, -0.2) is 18.4 Å². The molecule has 1 fully saturated rings. The highest BCUT2D eigenvalue weighted by Crippen LogP contribution is 2.54. The van der Waals surface area contributed by atoms with Crippen LogP contribution in [0.3, 0.4) is 0 Å². The minimum atomic E-state index is -0.643. The van der Waals surface area contributed by atoms with Gasteiger partial charge in [-0.15, -0.1) is 0 Å². The van der Waals surface area contributed by atoms with E-state index >= 15 is 0 Å². The zero-order chi connectivity index (χ0) is 13.6. The van der Waals surface area contributed by atoms with Crippen LogP contribution in [0.4, 0.5) is 0 Å². The Bertz CT molecular complexity index is 239. The molecule has 1 aliphatic heterocycles. The van der Waals surface area contributed by atoms with Gasteiger partial charge in [-0.3, -0.25) is 0 Å². The number of unbranched alkanes of at least 4 members (excludes halogenated alkanes) is 5. The third-order valence-corrected chi connectivity index (χ3v) is 5.98. The molecule has 0 aromatic carbocycles. The van der Waals surface area contributed by atoms with Crippen LogP contribution < -0.4 is 0 Å². The molecule has 18 heavy (non-hydrogen) atoms. The Morgan fingerprint density at radius 1 is 0.944 bits per heavy atom. The summed E-state index contributed by atoms with van der Waals surface area (Å²) in [6.45, 7) is 11.9. The van der Waals surface area contributed by atoms with Crippen molar-refractivity contribution in [2.24, 2.45) is 5.41 Å². The lowest BCUT2D eigenvalue weighted by atomic mass is 9.78. The second-order valence-corrected chi connectivity index (χ2v) is 8.14. The first-order chi connectivity index (χ1) is 8.39. The predicted octanol–water partition coefficient (Wildman–Crippen LogP) is 5.51. The molecular weight excluding hydrogens is 243 g/mol. The smallest absolute Gasteiger partial charge is 0.171 e. The highest BCUT2D eigenvalue weighted by molar-refractivity contribution is 7.47.